The second-order valence-electron chi connectivity index (χ2n) is 6.46. The molecule has 1 aliphatic heterocycles. The van der Waals surface area contributed by atoms with Crippen molar-refractivity contribution >= 4 is 5.69 Å². The van der Waals surface area contributed by atoms with Gasteiger partial charge in [0.1, 0.15) is 5.75 Å². The molecule has 26 heavy (non-hydrogen) atoms. The predicted molar refractivity (Wildman–Crippen MR) is 105 cm³/mol. The number of ether oxygens (including phenoxy) is 2. The zero-order chi connectivity index (χ0) is 17.9. The minimum Gasteiger partial charge on any atom is -0.493 e. The molecule has 5 heteroatoms. The van der Waals surface area contributed by atoms with E-state index in [1.807, 2.05) is 48.5 Å². The van der Waals surface area contributed by atoms with Crippen LogP contribution in [-0.2, 0) is 11.3 Å². The number of nitrogens with one attached hydrogen (secondary N) is 2. The fourth-order valence-electron chi connectivity index (χ4n) is 3.00. The third-order valence-corrected chi connectivity index (χ3v) is 4.49. The van der Waals surface area contributed by atoms with Crippen LogP contribution in [0.1, 0.15) is 18.4 Å². The minimum atomic E-state index is 0.707. The highest BCUT2D eigenvalue weighted by molar-refractivity contribution is 5.41. The zero-order valence-electron chi connectivity index (χ0n) is 15.3. The fourth-order valence-corrected chi connectivity index (χ4v) is 3.00. The number of para-hydroxylation sites is 2. The lowest BCUT2D eigenvalue weighted by molar-refractivity contribution is 0.0368. The Bertz CT molecular complexity index is 630. The van der Waals surface area contributed by atoms with Gasteiger partial charge in [-0.05, 0) is 37.6 Å². The van der Waals surface area contributed by atoms with Gasteiger partial charge in [-0.3, -0.25) is 4.90 Å². The van der Waals surface area contributed by atoms with Gasteiger partial charge in [0.15, 0.2) is 0 Å². The van der Waals surface area contributed by atoms with E-state index in [-0.39, 0.29) is 0 Å². The summed E-state index contributed by atoms with van der Waals surface area (Å²) in [5.41, 5.74) is 8.67. The molecule has 2 N–H and O–H groups in total. The number of hydrogen-bond donors (Lipinski definition) is 2. The van der Waals surface area contributed by atoms with Crippen molar-refractivity contribution in [3.63, 3.8) is 0 Å². The van der Waals surface area contributed by atoms with E-state index in [1.54, 1.807) is 0 Å². The number of unbranched alkanes of at least 4 members (excludes halogenated alkanes) is 1. The van der Waals surface area contributed by atoms with Crippen LogP contribution in [0.4, 0.5) is 5.69 Å². The first kappa shape index (κ1) is 18.7. The van der Waals surface area contributed by atoms with Gasteiger partial charge in [0.2, 0.25) is 0 Å². The van der Waals surface area contributed by atoms with Crippen LogP contribution in [0.25, 0.3) is 0 Å². The van der Waals surface area contributed by atoms with Crippen LogP contribution in [0.15, 0.2) is 54.6 Å². The van der Waals surface area contributed by atoms with Crippen molar-refractivity contribution in [2.24, 2.45) is 0 Å². The Labute approximate surface area is 156 Å². The fraction of sp³-hybridized carbons (Fsp3) is 0.429. The number of anilines is 1. The normalized spacial score (nSPS) is 14.9. The molecular formula is C21H29N3O2. The van der Waals surface area contributed by atoms with Gasteiger partial charge in [-0.15, -0.1) is 0 Å². The van der Waals surface area contributed by atoms with Gasteiger partial charge in [0.25, 0.3) is 0 Å². The molecule has 0 aliphatic carbocycles. The average molecular weight is 355 g/mol. The van der Waals surface area contributed by atoms with Crippen LogP contribution in [-0.4, -0.2) is 44.4 Å². The summed E-state index contributed by atoms with van der Waals surface area (Å²) in [6, 6.07) is 18.3. The molecule has 0 bridgehead atoms. The van der Waals surface area contributed by atoms with Crippen LogP contribution in [0, 0.1) is 0 Å². The standard InChI is InChI=1S/C21H29N3O2/c1-2-9-20(10-3-1)23-22-18-19-8-4-5-11-21(19)26-15-7-6-12-24-13-16-25-17-14-24/h1-5,8-11,22-23H,6-7,12-18H2. The van der Waals surface area contributed by atoms with E-state index in [9.17, 15) is 0 Å². The maximum absolute atomic E-state index is 6.02. The number of morpholine rings is 1. The van der Waals surface area contributed by atoms with Crippen LogP contribution in [0.3, 0.4) is 0 Å². The highest BCUT2D eigenvalue weighted by Crippen LogP contribution is 2.18. The highest BCUT2D eigenvalue weighted by Gasteiger charge is 2.09. The Balaban J connectivity index is 1.36. The topological polar surface area (TPSA) is 45.8 Å². The molecule has 0 amide bonds. The number of nitrogens with zero attached hydrogens (tertiary/aromatic N) is 1. The number of benzene rings is 2. The highest BCUT2D eigenvalue weighted by atomic mass is 16.5. The lowest BCUT2D eigenvalue weighted by atomic mass is 10.2. The third-order valence-electron chi connectivity index (χ3n) is 4.49. The molecule has 0 radical (unpaired) electrons. The van der Waals surface area contributed by atoms with Gasteiger partial charge < -0.3 is 14.9 Å². The molecule has 140 valence electrons. The molecular weight excluding hydrogens is 326 g/mol. The Hall–Kier alpha value is -2.08. The number of hydrogen-bond acceptors (Lipinski definition) is 5. The monoisotopic (exact) mass is 355 g/mol. The third kappa shape index (κ3) is 6.33. The maximum Gasteiger partial charge on any atom is 0.123 e. The summed E-state index contributed by atoms with van der Waals surface area (Å²) in [5.74, 6) is 0.959. The van der Waals surface area contributed by atoms with Crippen molar-refractivity contribution in [2.45, 2.75) is 19.4 Å². The van der Waals surface area contributed by atoms with E-state index in [1.165, 1.54) is 0 Å². The molecule has 0 aromatic heterocycles. The van der Waals surface area contributed by atoms with E-state index in [0.717, 1.165) is 69.3 Å². The zero-order valence-corrected chi connectivity index (χ0v) is 15.3. The lowest BCUT2D eigenvalue weighted by Crippen LogP contribution is -2.36. The van der Waals surface area contributed by atoms with Gasteiger partial charge in [0.05, 0.1) is 19.8 Å². The first-order valence-electron chi connectivity index (χ1n) is 9.46. The van der Waals surface area contributed by atoms with Gasteiger partial charge in [-0.2, -0.15) is 0 Å². The molecule has 0 saturated carbocycles. The van der Waals surface area contributed by atoms with Crippen molar-refractivity contribution in [1.29, 1.82) is 0 Å². The van der Waals surface area contributed by atoms with Crippen molar-refractivity contribution < 1.29 is 9.47 Å². The Morgan fingerprint density at radius 2 is 1.69 bits per heavy atom. The van der Waals surface area contributed by atoms with Gasteiger partial charge in [-0.25, -0.2) is 5.43 Å². The van der Waals surface area contributed by atoms with Crippen molar-refractivity contribution in [3.05, 3.63) is 60.2 Å². The smallest absolute Gasteiger partial charge is 0.123 e. The van der Waals surface area contributed by atoms with Gasteiger partial charge in [0, 0.05) is 30.9 Å². The summed E-state index contributed by atoms with van der Waals surface area (Å²) in [6.45, 7) is 6.46. The van der Waals surface area contributed by atoms with Crippen LogP contribution in [0.2, 0.25) is 0 Å². The number of hydrazine groups is 1. The predicted octanol–water partition coefficient (Wildman–Crippen LogP) is 3.29. The molecule has 0 atom stereocenters. The molecule has 0 spiro atoms. The van der Waals surface area contributed by atoms with Gasteiger partial charge >= 0.3 is 0 Å². The molecule has 0 unspecified atom stereocenters. The molecule has 3 rings (SSSR count). The number of rotatable bonds is 10. The molecule has 2 aromatic rings. The van der Waals surface area contributed by atoms with Crippen LogP contribution < -0.4 is 15.6 Å². The summed E-state index contributed by atoms with van der Waals surface area (Å²) in [7, 11) is 0. The van der Waals surface area contributed by atoms with Crippen LogP contribution in [0.5, 0.6) is 5.75 Å². The summed E-state index contributed by atoms with van der Waals surface area (Å²) in [5, 5.41) is 0. The largest absolute Gasteiger partial charge is 0.493 e. The molecule has 2 aromatic carbocycles. The Kier molecular flexibility index (Phi) is 7.78. The second-order valence-corrected chi connectivity index (χ2v) is 6.46. The van der Waals surface area contributed by atoms with Crippen LogP contribution >= 0.6 is 0 Å². The molecule has 1 heterocycles. The van der Waals surface area contributed by atoms with E-state index < -0.39 is 0 Å². The Morgan fingerprint density at radius 1 is 0.923 bits per heavy atom. The quantitative estimate of drug-likeness (QED) is 0.506. The SMILES string of the molecule is c1ccc(NNCc2ccccc2OCCCCN2CCOCC2)cc1. The van der Waals surface area contributed by atoms with E-state index >= 15 is 0 Å². The molecule has 1 fully saturated rings. The first-order valence-corrected chi connectivity index (χ1v) is 9.46. The summed E-state index contributed by atoms with van der Waals surface area (Å²) >= 11 is 0. The van der Waals surface area contributed by atoms with Gasteiger partial charge in [-0.1, -0.05) is 36.4 Å². The van der Waals surface area contributed by atoms with Crippen molar-refractivity contribution in [3.8, 4) is 5.75 Å². The van der Waals surface area contributed by atoms with Crippen molar-refractivity contribution in [1.82, 2.24) is 10.3 Å². The van der Waals surface area contributed by atoms with Crippen molar-refractivity contribution in [2.75, 3.05) is 44.9 Å². The van der Waals surface area contributed by atoms with E-state index in [0.29, 0.717) is 6.54 Å². The minimum absolute atomic E-state index is 0.707. The Morgan fingerprint density at radius 3 is 2.54 bits per heavy atom. The second kappa shape index (κ2) is 10.8. The maximum atomic E-state index is 6.02. The molecule has 1 saturated heterocycles. The average Bonchev–Trinajstić information content (AvgIpc) is 2.70. The summed E-state index contributed by atoms with van der Waals surface area (Å²) < 4.78 is 11.4. The molecule has 5 nitrogen and oxygen atoms in total. The summed E-state index contributed by atoms with van der Waals surface area (Å²) in [4.78, 5) is 2.47. The first-order chi connectivity index (χ1) is 12.9. The van der Waals surface area contributed by atoms with E-state index in [4.69, 9.17) is 9.47 Å². The van der Waals surface area contributed by atoms with E-state index in [2.05, 4.69) is 21.8 Å². The molecule has 1 aliphatic rings. The summed E-state index contributed by atoms with van der Waals surface area (Å²) in [6.07, 6.45) is 2.23. The lowest BCUT2D eigenvalue weighted by Gasteiger charge is -2.26.